The highest BCUT2D eigenvalue weighted by molar-refractivity contribution is 5.93. The smallest absolute Gasteiger partial charge is 0.319 e. The summed E-state index contributed by atoms with van der Waals surface area (Å²) in [7, 11) is 1.63. The van der Waals surface area contributed by atoms with Crippen molar-refractivity contribution in [3.05, 3.63) is 90.5 Å². The van der Waals surface area contributed by atoms with Crippen LogP contribution < -0.4 is 20.7 Å². The third-order valence-corrected chi connectivity index (χ3v) is 5.41. The van der Waals surface area contributed by atoms with E-state index in [1.807, 2.05) is 79.7 Å². The lowest BCUT2D eigenvalue weighted by Crippen LogP contribution is -2.51. The number of methoxy groups -OCH3 is 1. The molecular weight excluding hydrogens is 428 g/mol. The number of urea groups is 1. The van der Waals surface area contributed by atoms with Crippen molar-refractivity contribution in [3.63, 3.8) is 0 Å². The lowest BCUT2D eigenvalue weighted by atomic mass is 10.0. The highest BCUT2D eigenvalue weighted by Gasteiger charge is 2.25. The molecule has 1 atom stereocenters. The van der Waals surface area contributed by atoms with E-state index in [1.165, 1.54) is 0 Å². The van der Waals surface area contributed by atoms with Crippen LogP contribution in [0.4, 0.5) is 16.2 Å². The molecule has 0 spiro atoms. The van der Waals surface area contributed by atoms with Crippen molar-refractivity contribution in [2.24, 2.45) is 0 Å². The molecule has 0 unspecified atom stereocenters. The van der Waals surface area contributed by atoms with Gasteiger partial charge in [-0.2, -0.15) is 0 Å². The number of carbonyl (C=O) groups excluding carboxylic acids is 2. The van der Waals surface area contributed by atoms with E-state index < -0.39 is 12.1 Å². The number of hydrogen-bond acceptors (Lipinski definition) is 4. The summed E-state index contributed by atoms with van der Waals surface area (Å²) in [5, 5.41) is 9.00. The van der Waals surface area contributed by atoms with Gasteiger partial charge in [0.2, 0.25) is 5.91 Å². The summed E-state index contributed by atoms with van der Waals surface area (Å²) in [6.45, 7) is 3.57. The van der Waals surface area contributed by atoms with E-state index in [-0.39, 0.29) is 5.91 Å². The fourth-order valence-corrected chi connectivity index (χ4v) is 3.59. The molecule has 3 rings (SSSR count). The minimum Gasteiger partial charge on any atom is -0.497 e. The summed E-state index contributed by atoms with van der Waals surface area (Å²) in [5.74, 6) is 0.672. The summed E-state index contributed by atoms with van der Waals surface area (Å²) in [4.78, 5) is 27.9. The first-order valence-electron chi connectivity index (χ1n) is 11.4. The van der Waals surface area contributed by atoms with E-state index in [0.29, 0.717) is 31.7 Å². The second kappa shape index (κ2) is 12.9. The van der Waals surface area contributed by atoms with Crippen molar-refractivity contribution in [2.45, 2.75) is 19.4 Å². The van der Waals surface area contributed by atoms with Gasteiger partial charge in [0.05, 0.1) is 7.11 Å². The van der Waals surface area contributed by atoms with Crippen molar-refractivity contribution in [1.82, 2.24) is 10.2 Å². The molecule has 3 amide bonds. The molecule has 7 nitrogen and oxygen atoms in total. The summed E-state index contributed by atoms with van der Waals surface area (Å²) in [5.41, 5.74) is 2.60. The van der Waals surface area contributed by atoms with Crippen LogP contribution in [0.25, 0.3) is 0 Å². The van der Waals surface area contributed by atoms with Crippen LogP contribution in [-0.2, 0) is 11.2 Å². The van der Waals surface area contributed by atoms with Gasteiger partial charge < -0.3 is 25.6 Å². The topological polar surface area (TPSA) is 82.7 Å². The summed E-state index contributed by atoms with van der Waals surface area (Å²) < 4.78 is 5.18. The quantitative estimate of drug-likeness (QED) is 0.396. The minimum absolute atomic E-state index is 0.119. The van der Waals surface area contributed by atoms with Crippen molar-refractivity contribution in [1.29, 1.82) is 0 Å². The molecular formula is C27H32N4O3. The Morgan fingerprint density at radius 1 is 0.882 bits per heavy atom. The Morgan fingerprint density at radius 3 is 2.15 bits per heavy atom. The van der Waals surface area contributed by atoms with Gasteiger partial charge in [-0.15, -0.1) is 0 Å². The monoisotopic (exact) mass is 460 g/mol. The molecule has 34 heavy (non-hydrogen) atoms. The van der Waals surface area contributed by atoms with Gasteiger partial charge in [0.25, 0.3) is 0 Å². The van der Waals surface area contributed by atoms with Crippen LogP contribution in [0.1, 0.15) is 12.5 Å². The molecule has 0 aliphatic carbocycles. The first-order chi connectivity index (χ1) is 16.6. The molecule has 0 aliphatic rings. The largest absolute Gasteiger partial charge is 0.497 e. The summed E-state index contributed by atoms with van der Waals surface area (Å²) in [6.07, 6.45) is 0.407. The fraction of sp³-hybridized carbons (Fsp3) is 0.259. The normalized spacial score (nSPS) is 11.2. The number of ether oxygens (including phenoxy) is 1. The Bertz CT molecular complexity index is 1030. The van der Waals surface area contributed by atoms with Crippen molar-refractivity contribution in [3.8, 4) is 5.75 Å². The number of likely N-dealkylation sites (N-methyl/N-ethyl adjacent to an activating group) is 1. The van der Waals surface area contributed by atoms with E-state index in [4.69, 9.17) is 4.74 Å². The molecule has 3 N–H and O–H groups in total. The van der Waals surface area contributed by atoms with Crippen LogP contribution >= 0.6 is 0 Å². The number of para-hydroxylation sites is 1. The highest BCUT2D eigenvalue weighted by Crippen LogP contribution is 2.15. The van der Waals surface area contributed by atoms with Crippen LogP contribution in [0.5, 0.6) is 5.75 Å². The lowest BCUT2D eigenvalue weighted by Gasteiger charge is -2.27. The number of hydrogen-bond donors (Lipinski definition) is 3. The molecule has 178 valence electrons. The van der Waals surface area contributed by atoms with Crippen LogP contribution in [0.15, 0.2) is 84.9 Å². The van der Waals surface area contributed by atoms with Gasteiger partial charge in [0, 0.05) is 37.4 Å². The maximum Gasteiger partial charge on any atom is 0.319 e. The van der Waals surface area contributed by atoms with Gasteiger partial charge in [-0.25, -0.2) is 4.79 Å². The lowest BCUT2D eigenvalue weighted by molar-refractivity contribution is -0.132. The maximum absolute atomic E-state index is 13.4. The van der Waals surface area contributed by atoms with Crippen molar-refractivity contribution >= 4 is 23.3 Å². The number of carbonyl (C=O) groups is 2. The molecule has 0 fully saturated rings. The van der Waals surface area contributed by atoms with Gasteiger partial charge in [-0.05, 0) is 48.9 Å². The molecule has 0 radical (unpaired) electrons. The number of amides is 3. The van der Waals surface area contributed by atoms with Gasteiger partial charge in [0.15, 0.2) is 0 Å². The molecule has 0 saturated heterocycles. The van der Waals surface area contributed by atoms with E-state index >= 15 is 0 Å². The number of nitrogens with one attached hydrogen (secondary N) is 3. The van der Waals surface area contributed by atoms with Crippen molar-refractivity contribution < 1.29 is 14.3 Å². The second-order valence-electron chi connectivity index (χ2n) is 7.78. The van der Waals surface area contributed by atoms with Crippen LogP contribution in [-0.4, -0.2) is 49.6 Å². The Labute approximate surface area is 201 Å². The Morgan fingerprint density at radius 2 is 1.53 bits per heavy atom. The Hall–Kier alpha value is -4.00. The third-order valence-electron chi connectivity index (χ3n) is 5.41. The van der Waals surface area contributed by atoms with Gasteiger partial charge in [0.1, 0.15) is 11.8 Å². The predicted molar refractivity (Wildman–Crippen MR) is 136 cm³/mol. The molecule has 3 aromatic rings. The molecule has 3 aromatic carbocycles. The third kappa shape index (κ3) is 7.55. The fourth-order valence-electron chi connectivity index (χ4n) is 3.59. The molecule has 0 saturated carbocycles. The first kappa shape index (κ1) is 24.6. The van der Waals surface area contributed by atoms with Gasteiger partial charge >= 0.3 is 6.03 Å². The second-order valence-corrected chi connectivity index (χ2v) is 7.78. The van der Waals surface area contributed by atoms with Gasteiger partial charge in [-0.1, -0.05) is 48.5 Å². The average molecular weight is 461 g/mol. The van der Waals surface area contributed by atoms with E-state index in [1.54, 1.807) is 24.1 Å². The first-order valence-corrected chi connectivity index (χ1v) is 11.4. The van der Waals surface area contributed by atoms with Crippen LogP contribution in [0, 0.1) is 0 Å². The van der Waals surface area contributed by atoms with E-state index in [0.717, 1.165) is 17.0 Å². The highest BCUT2D eigenvalue weighted by atomic mass is 16.5. The van der Waals surface area contributed by atoms with Crippen molar-refractivity contribution in [2.75, 3.05) is 37.4 Å². The number of benzene rings is 3. The molecule has 0 aromatic heterocycles. The zero-order valence-corrected chi connectivity index (χ0v) is 19.7. The standard InChI is InChI=1S/C27H32N4O3/c1-3-31(19-18-28-22-14-16-24(34-2)17-15-22)26(32)25(20-21-10-6-4-7-11-21)30-27(33)29-23-12-8-5-9-13-23/h4-17,25,28H,3,18-20H2,1-2H3,(H2,29,30,33)/t25-/m0/s1. The Kier molecular flexibility index (Phi) is 9.34. The zero-order chi connectivity index (χ0) is 24.2. The SMILES string of the molecule is CCN(CCNc1ccc(OC)cc1)C(=O)[C@H](Cc1ccccc1)NC(=O)Nc1ccccc1. The molecule has 0 aliphatic heterocycles. The average Bonchev–Trinajstić information content (AvgIpc) is 2.87. The van der Waals surface area contributed by atoms with Crippen LogP contribution in [0.2, 0.25) is 0 Å². The van der Waals surface area contributed by atoms with E-state index in [9.17, 15) is 9.59 Å². The molecule has 0 heterocycles. The number of nitrogens with zero attached hydrogens (tertiary/aromatic N) is 1. The maximum atomic E-state index is 13.4. The molecule has 0 bridgehead atoms. The van der Waals surface area contributed by atoms with Crippen LogP contribution in [0.3, 0.4) is 0 Å². The number of rotatable bonds is 11. The van der Waals surface area contributed by atoms with E-state index in [2.05, 4.69) is 16.0 Å². The Balaban J connectivity index is 1.63. The van der Waals surface area contributed by atoms with Gasteiger partial charge in [-0.3, -0.25) is 4.79 Å². The predicted octanol–water partition coefficient (Wildman–Crippen LogP) is 4.39. The zero-order valence-electron chi connectivity index (χ0n) is 19.7. The summed E-state index contributed by atoms with van der Waals surface area (Å²) in [6, 6.07) is 25.4. The minimum atomic E-state index is -0.688. The summed E-state index contributed by atoms with van der Waals surface area (Å²) >= 11 is 0. The number of anilines is 2. The molecule has 7 heteroatoms.